The Morgan fingerprint density at radius 1 is 1.45 bits per heavy atom. The van der Waals surface area contributed by atoms with Gasteiger partial charge in [0.15, 0.2) is 5.82 Å². The lowest BCUT2D eigenvalue weighted by atomic mass is 10.1. The number of aliphatic hydroxyl groups is 1. The Labute approximate surface area is 118 Å². The first-order chi connectivity index (χ1) is 9.50. The van der Waals surface area contributed by atoms with Crippen LogP contribution in [0.5, 0.6) is 0 Å². The average molecular weight is 275 g/mol. The molecule has 0 amide bonds. The minimum atomic E-state index is -0.208. The van der Waals surface area contributed by atoms with E-state index in [2.05, 4.69) is 30.7 Å². The number of rotatable bonds is 2. The van der Waals surface area contributed by atoms with Gasteiger partial charge in [-0.05, 0) is 32.9 Å². The van der Waals surface area contributed by atoms with Gasteiger partial charge in [-0.3, -0.25) is 4.40 Å². The largest absolute Gasteiger partial charge is 0.390 e. The van der Waals surface area contributed by atoms with Gasteiger partial charge in [-0.1, -0.05) is 6.07 Å². The fourth-order valence-electron chi connectivity index (χ4n) is 3.05. The standard InChI is InChI=1S/C15H21N3O2/c1-11-8-17(10-15(2,3)20-11)14-12(9-19)18-7-5-4-6-13(18)16-14/h4-7,11,19H,8-10H2,1-3H3. The van der Waals surface area contributed by atoms with E-state index in [4.69, 9.17) is 4.74 Å². The van der Waals surface area contributed by atoms with Crippen LogP contribution in [0.3, 0.4) is 0 Å². The molecule has 2 aromatic heterocycles. The molecule has 0 bridgehead atoms. The Morgan fingerprint density at radius 3 is 2.95 bits per heavy atom. The van der Waals surface area contributed by atoms with Crippen molar-refractivity contribution in [3.8, 4) is 0 Å². The molecule has 3 heterocycles. The number of fused-ring (bicyclic) bond motifs is 1. The predicted molar refractivity (Wildman–Crippen MR) is 78.0 cm³/mol. The van der Waals surface area contributed by atoms with E-state index >= 15 is 0 Å². The van der Waals surface area contributed by atoms with Crippen molar-refractivity contribution < 1.29 is 9.84 Å². The zero-order valence-electron chi connectivity index (χ0n) is 12.2. The number of aromatic nitrogens is 2. The van der Waals surface area contributed by atoms with Gasteiger partial charge >= 0.3 is 0 Å². The predicted octanol–water partition coefficient (Wildman–Crippen LogP) is 1.83. The molecule has 1 atom stereocenters. The molecule has 0 spiro atoms. The van der Waals surface area contributed by atoms with Crippen molar-refractivity contribution in [2.45, 2.75) is 39.1 Å². The Balaban J connectivity index is 2.05. The summed E-state index contributed by atoms with van der Waals surface area (Å²) in [6, 6.07) is 5.86. The van der Waals surface area contributed by atoms with Gasteiger partial charge in [0.1, 0.15) is 5.65 Å². The van der Waals surface area contributed by atoms with Crippen molar-refractivity contribution in [3.63, 3.8) is 0 Å². The second kappa shape index (κ2) is 4.75. The third-order valence-corrected chi connectivity index (χ3v) is 3.63. The molecule has 1 saturated heterocycles. The minimum absolute atomic E-state index is 0.0212. The maximum atomic E-state index is 9.71. The van der Waals surface area contributed by atoms with Crippen LogP contribution in [0.1, 0.15) is 26.5 Å². The number of anilines is 1. The molecule has 20 heavy (non-hydrogen) atoms. The molecule has 0 saturated carbocycles. The molecule has 1 aliphatic rings. The van der Waals surface area contributed by atoms with Crippen molar-refractivity contribution in [1.29, 1.82) is 0 Å². The molecule has 0 radical (unpaired) electrons. The molecule has 5 nitrogen and oxygen atoms in total. The van der Waals surface area contributed by atoms with Crippen LogP contribution < -0.4 is 4.90 Å². The van der Waals surface area contributed by atoms with E-state index in [1.807, 2.05) is 28.8 Å². The van der Waals surface area contributed by atoms with E-state index in [0.717, 1.165) is 30.2 Å². The summed E-state index contributed by atoms with van der Waals surface area (Å²) in [5.41, 5.74) is 1.49. The molecule has 108 valence electrons. The lowest BCUT2D eigenvalue weighted by Gasteiger charge is -2.42. The molecule has 5 heteroatoms. The number of morpholine rings is 1. The van der Waals surface area contributed by atoms with E-state index in [9.17, 15) is 5.11 Å². The molecule has 1 N–H and O–H groups in total. The summed E-state index contributed by atoms with van der Waals surface area (Å²) in [6.45, 7) is 7.79. The summed E-state index contributed by atoms with van der Waals surface area (Å²) in [7, 11) is 0. The smallest absolute Gasteiger partial charge is 0.153 e. The highest BCUT2D eigenvalue weighted by Crippen LogP contribution is 2.28. The summed E-state index contributed by atoms with van der Waals surface area (Å²) in [5, 5.41) is 9.71. The molecule has 0 aromatic carbocycles. The van der Waals surface area contributed by atoms with E-state index in [1.54, 1.807) is 0 Å². The second-order valence-electron chi connectivity index (χ2n) is 6.04. The molecule has 0 aliphatic carbocycles. The molecule has 3 rings (SSSR count). The first kappa shape index (κ1) is 13.4. The normalized spacial score (nSPS) is 22.4. The van der Waals surface area contributed by atoms with Gasteiger partial charge in [0.25, 0.3) is 0 Å². The van der Waals surface area contributed by atoms with E-state index in [1.165, 1.54) is 0 Å². The zero-order chi connectivity index (χ0) is 14.3. The number of ether oxygens (including phenoxy) is 1. The lowest BCUT2D eigenvalue weighted by Crippen LogP contribution is -2.52. The SMILES string of the molecule is CC1CN(c2nc3ccccn3c2CO)CC(C)(C)O1. The van der Waals surface area contributed by atoms with Gasteiger partial charge in [-0.2, -0.15) is 0 Å². The summed E-state index contributed by atoms with van der Waals surface area (Å²) in [5.74, 6) is 0.863. The monoisotopic (exact) mass is 275 g/mol. The van der Waals surface area contributed by atoms with Gasteiger partial charge in [0.05, 0.1) is 24.0 Å². The van der Waals surface area contributed by atoms with Crippen LogP contribution in [0.15, 0.2) is 24.4 Å². The summed E-state index contributed by atoms with van der Waals surface area (Å²) in [6.07, 6.45) is 2.09. The first-order valence-corrected chi connectivity index (χ1v) is 7.00. The Bertz CT molecular complexity index is 621. The van der Waals surface area contributed by atoms with E-state index in [0.29, 0.717) is 0 Å². The van der Waals surface area contributed by atoms with Crippen LogP contribution in [0.25, 0.3) is 5.65 Å². The highest BCUT2D eigenvalue weighted by atomic mass is 16.5. The third-order valence-electron chi connectivity index (χ3n) is 3.63. The van der Waals surface area contributed by atoms with Gasteiger partial charge in [0, 0.05) is 19.3 Å². The summed E-state index contributed by atoms with van der Waals surface area (Å²) < 4.78 is 7.88. The third kappa shape index (κ3) is 2.27. The molecular formula is C15H21N3O2. The van der Waals surface area contributed by atoms with Crippen molar-refractivity contribution in [1.82, 2.24) is 9.38 Å². The molecule has 2 aromatic rings. The van der Waals surface area contributed by atoms with Crippen LogP contribution >= 0.6 is 0 Å². The van der Waals surface area contributed by atoms with Crippen molar-refractivity contribution in [2.75, 3.05) is 18.0 Å². The Kier molecular flexibility index (Phi) is 3.18. The molecule has 1 aliphatic heterocycles. The van der Waals surface area contributed by atoms with Crippen LogP contribution in [0, 0.1) is 0 Å². The van der Waals surface area contributed by atoms with Gasteiger partial charge in [0.2, 0.25) is 0 Å². The van der Waals surface area contributed by atoms with Crippen molar-refractivity contribution in [2.24, 2.45) is 0 Å². The maximum absolute atomic E-state index is 9.71. The van der Waals surface area contributed by atoms with Gasteiger partial charge in [-0.15, -0.1) is 0 Å². The highest BCUT2D eigenvalue weighted by molar-refractivity contribution is 5.56. The second-order valence-corrected chi connectivity index (χ2v) is 6.04. The van der Waals surface area contributed by atoms with Gasteiger partial charge in [-0.25, -0.2) is 4.98 Å². The summed E-state index contributed by atoms with van der Waals surface area (Å²) in [4.78, 5) is 6.90. The van der Waals surface area contributed by atoms with Crippen LogP contribution in [0.4, 0.5) is 5.82 Å². The van der Waals surface area contributed by atoms with E-state index in [-0.39, 0.29) is 18.3 Å². The molecule has 1 fully saturated rings. The number of hydrogen-bond acceptors (Lipinski definition) is 4. The highest BCUT2D eigenvalue weighted by Gasteiger charge is 2.33. The average Bonchev–Trinajstić information content (AvgIpc) is 2.74. The van der Waals surface area contributed by atoms with Crippen molar-refractivity contribution in [3.05, 3.63) is 30.1 Å². The zero-order valence-corrected chi connectivity index (χ0v) is 12.2. The Hall–Kier alpha value is -1.59. The topological polar surface area (TPSA) is 50.0 Å². The van der Waals surface area contributed by atoms with Gasteiger partial charge < -0.3 is 14.7 Å². The quantitative estimate of drug-likeness (QED) is 0.908. The number of pyridine rings is 1. The summed E-state index contributed by atoms with van der Waals surface area (Å²) >= 11 is 0. The van der Waals surface area contributed by atoms with E-state index < -0.39 is 0 Å². The fraction of sp³-hybridized carbons (Fsp3) is 0.533. The number of hydrogen-bond donors (Lipinski definition) is 1. The van der Waals surface area contributed by atoms with Crippen LogP contribution in [-0.2, 0) is 11.3 Å². The van der Waals surface area contributed by atoms with Crippen molar-refractivity contribution >= 4 is 11.5 Å². The number of nitrogens with zero attached hydrogens (tertiary/aromatic N) is 3. The molecule has 1 unspecified atom stereocenters. The number of aliphatic hydroxyl groups excluding tert-OH is 1. The maximum Gasteiger partial charge on any atom is 0.153 e. The minimum Gasteiger partial charge on any atom is -0.390 e. The molecular weight excluding hydrogens is 254 g/mol. The Morgan fingerprint density at radius 2 is 2.25 bits per heavy atom. The van der Waals surface area contributed by atoms with Crippen LogP contribution in [0.2, 0.25) is 0 Å². The van der Waals surface area contributed by atoms with Crippen LogP contribution in [-0.4, -0.2) is 39.3 Å². The lowest BCUT2D eigenvalue weighted by molar-refractivity contribution is -0.0752. The fourth-order valence-corrected chi connectivity index (χ4v) is 3.05. The number of imidazole rings is 1. The first-order valence-electron chi connectivity index (χ1n) is 7.00.